The van der Waals surface area contributed by atoms with Crippen molar-refractivity contribution in [3.8, 4) is 5.69 Å². The van der Waals surface area contributed by atoms with Gasteiger partial charge in [-0.25, -0.2) is 4.68 Å². The van der Waals surface area contributed by atoms with Crippen LogP contribution in [-0.2, 0) is 12.5 Å². The summed E-state index contributed by atoms with van der Waals surface area (Å²) in [5, 5.41) is 7.48. The van der Waals surface area contributed by atoms with E-state index in [1.807, 2.05) is 66.1 Å². The SMILES string of the molecule is CN(C)c1ccc(NC(=S)Nc2ccc3c(c2)c(=O)n(C)n3-c2ccc(C(C)(C)C)cc2)cc1. The number of nitrogens with one attached hydrogen (secondary N) is 2. The average Bonchev–Trinajstić information content (AvgIpc) is 3.03. The number of aromatic nitrogens is 2. The van der Waals surface area contributed by atoms with Crippen molar-refractivity contribution in [1.82, 2.24) is 9.36 Å². The van der Waals surface area contributed by atoms with Crippen LogP contribution in [0, 0.1) is 0 Å². The Hall–Kier alpha value is -3.58. The molecule has 4 rings (SSSR count). The third kappa shape index (κ3) is 4.70. The van der Waals surface area contributed by atoms with E-state index < -0.39 is 0 Å². The molecule has 0 spiro atoms. The van der Waals surface area contributed by atoms with E-state index >= 15 is 0 Å². The fourth-order valence-corrected chi connectivity index (χ4v) is 4.18. The molecule has 0 aliphatic carbocycles. The predicted octanol–water partition coefficient (Wildman–Crippen LogP) is 5.50. The van der Waals surface area contributed by atoms with E-state index in [0.29, 0.717) is 10.5 Å². The summed E-state index contributed by atoms with van der Waals surface area (Å²) in [5.74, 6) is 0. The van der Waals surface area contributed by atoms with Crippen molar-refractivity contribution in [2.75, 3.05) is 29.6 Å². The number of nitrogens with zero attached hydrogens (tertiary/aromatic N) is 3. The van der Waals surface area contributed by atoms with Gasteiger partial charge in [-0.1, -0.05) is 32.9 Å². The van der Waals surface area contributed by atoms with Crippen molar-refractivity contribution in [3.05, 3.63) is 82.6 Å². The quantitative estimate of drug-likeness (QED) is 0.383. The van der Waals surface area contributed by atoms with Crippen LogP contribution in [0.1, 0.15) is 26.3 Å². The Kier molecular flexibility index (Phi) is 6.23. The predicted molar refractivity (Wildman–Crippen MR) is 148 cm³/mol. The lowest BCUT2D eigenvalue weighted by Crippen LogP contribution is -2.19. The van der Waals surface area contributed by atoms with Crippen molar-refractivity contribution >= 4 is 45.3 Å². The van der Waals surface area contributed by atoms with E-state index in [4.69, 9.17) is 12.2 Å². The molecule has 0 saturated heterocycles. The van der Waals surface area contributed by atoms with E-state index in [1.54, 1.807) is 11.7 Å². The lowest BCUT2D eigenvalue weighted by molar-refractivity contribution is 0.589. The lowest BCUT2D eigenvalue weighted by Gasteiger charge is -2.19. The first-order chi connectivity index (χ1) is 16.0. The molecular formula is C27H31N5OS. The smallest absolute Gasteiger partial charge is 0.274 e. The molecule has 34 heavy (non-hydrogen) atoms. The Labute approximate surface area is 205 Å². The second-order valence-electron chi connectivity index (χ2n) is 9.69. The maximum atomic E-state index is 13.0. The van der Waals surface area contributed by atoms with Gasteiger partial charge in [-0.05, 0) is 77.8 Å². The summed E-state index contributed by atoms with van der Waals surface area (Å²) in [7, 11) is 5.79. The van der Waals surface area contributed by atoms with Crippen molar-refractivity contribution in [2.24, 2.45) is 7.05 Å². The molecule has 4 aromatic rings. The molecule has 6 nitrogen and oxygen atoms in total. The molecule has 0 radical (unpaired) electrons. The zero-order chi connectivity index (χ0) is 24.6. The van der Waals surface area contributed by atoms with Crippen molar-refractivity contribution in [3.63, 3.8) is 0 Å². The van der Waals surface area contributed by atoms with Crippen LogP contribution in [0.15, 0.2) is 71.5 Å². The molecule has 0 bridgehead atoms. The first kappa shape index (κ1) is 23.6. The lowest BCUT2D eigenvalue weighted by atomic mass is 9.87. The van der Waals surface area contributed by atoms with E-state index in [0.717, 1.165) is 28.3 Å². The van der Waals surface area contributed by atoms with Crippen LogP contribution < -0.4 is 21.1 Å². The molecule has 0 amide bonds. The molecule has 176 valence electrons. The van der Waals surface area contributed by atoms with E-state index in [1.165, 1.54) is 5.56 Å². The maximum Gasteiger partial charge on any atom is 0.274 e. The van der Waals surface area contributed by atoms with Gasteiger partial charge in [0.25, 0.3) is 5.56 Å². The van der Waals surface area contributed by atoms with Crippen molar-refractivity contribution < 1.29 is 0 Å². The van der Waals surface area contributed by atoms with Gasteiger partial charge in [0.2, 0.25) is 0 Å². The zero-order valence-electron chi connectivity index (χ0n) is 20.5. The summed E-state index contributed by atoms with van der Waals surface area (Å²) in [4.78, 5) is 15.1. The highest BCUT2D eigenvalue weighted by atomic mass is 32.1. The molecule has 1 heterocycles. The Bertz CT molecular complexity index is 1390. The van der Waals surface area contributed by atoms with Crippen LogP contribution in [0.3, 0.4) is 0 Å². The minimum Gasteiger partial charge on any atom is -0.378 e. The molecule has 0 aliphatic heterocycles. The van der Waals surface area contributed by atoms with Crippen LogP contribution in [0.25, 0.3) is 16.6 Å². The van der Waals surface area contributed by atoms with Gasteiger partial charge in [0.1, 0.15) is 0 Å². The molecule has 0 saturated carbocycles. The number of anilines is 3. The highest BCUT2D eigenvalue weighted by molar-refractivity contribution is 7.80. The highest BCUT2D eigenvalue weighted by Gasteiger charge is 2.16. The molecule has 0 aliphatic rings. The van der Waals surface area contributed by atoms with E-state index in [2.05, 4.69) is 55.7 Å². The molecule has 2 N–H and O–H groups in total. The molecule has 1 aromatic heterocycles. The van der Waals surface area contributed by atoms with Crippen LogP contribution >= 0.6 is 12.2 Å². The summed E-state index contributed by atoms with van der Waals surface area (Å²) in [6.07, 6.45) is 0. The third-order valence-electron chi connectivity index (χ3n) is 5.93. The number of benzene rings is 3. The standard InChI is InChI=1S/C27H31N5OS/c1-27(2,3)18-7-12-22(13-8-18)32-24-16-11-20(17-23(24)25(33)31(32)6)29-26(34)28-19-9-14-21(15-10-19)30(4)5/h7-17H,1-6H3,(H2,28,29,34). The van der Waals surface area contributed by atoms with Crippen molar-refractivity contribution in [1.29, 1.82) is 0 Å². The van der Waals surface area contributed by atoms with Crippen LogP contribution in [0.2, 0.25) is 0 Å². The van der Waals surface area contributed by atoms with Crippen LogP contribution in [0.5, 0.6) is 0 Å². The monoisotopic (exact) mass is 473 g/mol. The normalized spacial score (nSPS) is 11.5. The molecule has 0 unspecified atom stereocenters. The van der Waals surface area contributed by atoms with Gasteiger partial charge in [-0.15, -0.1) is 0 Å². The molecule has 0 atom stereocenters. The summed E-state index contributed by atoms with van der Waals surface area (Å²) in [6, 6.07) is 22.1. The van der Waals surface area contributed by atoms with Gasteiger partial charge in [0, 0.05) is 38.2 Å². The maximum absolute atomic E-state index is 13.0. The number of hydrogen-bond acceptors (Lipinski definition) is 3. The number of thiocarbonyl (C=S) groups is 1. The van der Waals surface area contributed by atoms with E-state index in [-0.39, 0.29) is 11.0 Å². The van der Waals surface area contributed by atoms with Gasteiger partial charge < -0.3 is 15.5 Å². The van der Waals surface area contributed by atoms with E-state index in [9.17, 15) is 4.79 Å². The molecule has 3 aromatic carbocycles. The average molecular weight is 474 g/mol. The summed E-state index contributed by atoms with van der Waals surface area (Å²) < 4.78 is 3.58. The Morgan fingerprint density at radius 1 is 0.882 bits per heavy atom. The third-order valence-corrected chi connectivity index (χ3v) is 6.13. The fourth-order valence-electron chi connectivity index (χ4n) is 3.95. The topological polar surface area (TPSA) is 54.2 Å². The van der Waals surface area contributed by atoms with Gasteiger partial charge in [0.05, 0.1) is 16.6 Å². The Morgan fingerprint density at radius 3 is 2.06 bits per heavy atom. The highest BCUT2D eigenvalue weighted by Crippen LogP contribution is 2.25. The van der Waals surface area contributed by atoms with Gasteiger partial charge in [0.15, 0.2) is 5.11 Å². The number of fused-ring (bicyclic) bond motifs is 1. The largest absolute Gasteiger partial charge is 0.378 e. The second kappa shape index (κ2) is 8.99. The number of rotatable bonds is 4. The minimum absolute atomic E-state index is 0.0586. The molecule has 7 heteroatoms. The van der Waals surface area contributed by atoms with Gasteiger partial charge in [-0.3, -0.25) is 9.48 Å². The fraction of sp³-hybridized carbons (Fsp3) is 0.259. The summed E-state index contributed by atoms with van der Waals surface area (Å²) >= 11 is 5.49. The molecule has 0 fully saturated rings. The first-order valence-corrected chi connectivity index (χ1v) is 11.6. The summed E-state index contributed by atoms with van der Waals surface area (Å²) in [5.41, 5.74) is 5.82. The van der Waals surface area contributed by atoms with Gasteiger partial charge >= 0.3 is 0 Å². The zero-order valence-corrected chi connectivity index (χ0v) is 21.3. The Morgan fingerprint density at radius 2 is 1.47 bits per heavy atom. The second-order valence-corrected chi connectivity index (χ2v) is 10.1. The summed E-state index contributed by atoms with van der Waals surface area (Å²) in [6.45, 7) is 6.57. The molecular weight excluding hydrogens is 442 g/mol. The first-order valence-electron chi connectivity index (χ1n) is 11.2. The minimum atomic E-state index is -0.0586. The van der Waals surface area contributed by atoms with Crippen molar-refractivity contribution in [2.45, 2.75) is 26.2 Å². The van der Waals surface area contributed by atoms with Crippen LogP contribution in [-0.4, -0.2) is 28.6 Å². The van der Waals surface area contributed by atoms with Crippen LogP contribution in [0.4, 0.5) is 17.1 Å². The Balaban J connectivity index is 1.58. The van der Waals surface area contributed by atoms with Gasteiger partial charge in [-0.2, -0.15) is 0 Å². The number of hydrogen-bond donors (Lipinski definition) is 2.